The molecule has 2 nitrogen and oxygen atoms in total. The molecule has 0 radical (unpaired) electrons. The quantitative estimate of drug-likeness (QED) is 0.655. The molecule has 0 bridgehead atoms. The number of nitrogens with zero attached hydrogens (tertiary/aromatic N) is 1. The van der Waals surface area contributed by atoms with Crippen molar-refractivity contribution in [2.75, 3.05) is 6.54 Å². The molecule has 0 saturated carbocycles. The van der Waals surface area contributed by atoms with Gasteiger partial charge in [0.15, 0.2) is 0 Å². The molecule has 0 aliphatic heterocycles. The molecule has 0 aliphatic rings. The Morgan fingerprint density at radius 2 is 2.00 bits per heavy atom. The van der Waals surface area contributed by atoms with Crippen LogP contribution in [0.15, 0.2) is 55.4 Å². The zero-order valence-electron chi connectivity index (χ0n) is 12.1. The van der Waals surface area contributed by atoms with Crippen LogP contribution in [0.5, 0.6) is 0 Å². The number of aromatic nitrogens is 1. The minimum atomic E-state index is 0.669. The van der Waals surface area contributed by atoms with Gasteiger partial charge in [-0.3, -0.25) is 0 Å². The largest absolute Gasteiger partial charge is 0.312 e. The number of hydrogen-bond acceptors (Lipinski definition) is 3. The fourth-order valence-corrected chi connectivity index (χ4v) is 3.47. The Bertz CT molecular complexity index is 585. The topological polar surface area (TPSA) is 24.9 Å². The predicted molar refractivity (Wildman–Crippen MR) is 96.7 cm³/mol. The second-order valence-electron chi connectivity index (χ2n) is 5.19. The standard InChI is InChI=1S/C16H18Br2N2S/c1-11(2)8-19-9-12-3-5-14(7-15(12)18)21-16-6-4-13(17)10-20-16/h3-7,10-11,19H,8-9H2,1-2H3. The van der Waals surface area contributed by atoms with Gasteiger partial charge in [-0.1, -0.05) is 47.6 Å². The van der Waals surface area contributed by atoms with E-state index >= 15 is 0 Å². The van der Waals surface area contributed by atoms with Crippen molar-refractivity contribution < 1.29 is 0 Å². The zero-order chi connectivity index (χ0) is 15.2. The fourth-order valence-electron chi connectivity index (χ4n) is 1.77. The van der Waals surface area contributed by atoms with E-state index in [2.05, 4.69) is 74.2 Å². The average molecular weight is 430 g/mol. The molecule has 2 rings (SSSR count). The van der Waals surface area contributed by atoms with Gasteiger partial charge in [0.1, 0.15) is 5.03 Å². The van der Waals surface area contributed by atoms with E-state index in [9.17, 15) is 0 Å². The van der Waals surface area contributed by atoms with Crippen LogP contribution in [0.2, 0.25) is 0 Å². The van der Waals surface area contributed by atoms with E-state index in [-0.39, 0.29) is 0 Å². The summed E-state index contributed by atoms with van der Waals surface area (Å²) in [5.74, 6) is 0.669. The van der Waals surface area contributed by atoms with Crippen molar-refractivity contribution in [1.29, 1.82) is 0 Å². The first-order chi connectivity index (χ1) is 10.0. The highest BCUT2D eigenvalue weighted by atomic mass is 79.9. The molecular formula is C16H18Br2N2S. The Morgan fingerprint density at radius 1 is 1.19 bits per heavy atom. The number of benzene rings is 1. The highest BCUT2D eigenvalue weighted by Gasteiger charge is 2.04. The maximum Gasteiger partial charge on any atom is 0.101 e. The molecule has 0 spiro atoms. The highest BCUT2D eigenvalue weighted by Crippen LogP contribution is 2.30. The van der Waals surface area contributed by atoms with Crippen LogP contribution in [0.1, 0.15) is 19.4 Å². The third-order valence-electron chi connectivity index (χ3n) is 2.82. The molecule has 0 aliphatic carbocycles. The van der Waals surface area contributed by atoms with Gasteiger partial charge >= 0.3 is 0 Å². The number of pyridine rings is 1. The molecular weight excluding hydrogens is 412 g/mol. The van der Waals surface area contributed by atoms with Crippen molar-refractivity contribution in [3.05, 3.63) is 51.0 Å². The summed E-state index contributed by atoms with van der Waals surface area (Å²) in [5, 5.41) is 4.46. The lowest BCUT2D eigenvalue weighted by Gasteiger charge is -2.10. The molecule has 112 valence electrons. The van der Waals surface area contributed by atoms with Gasteiger partial charge in [0.25, 0.3) is 0 Å². The van der Waals surface area contributed by atoms with Crippen molar-refractivity contribution >= 4 is 43.6 Å². The summed E-state index contributed by atoms with van der Waals surface area (Å²) in [6.45, 7) is 6.35. The molecule has 0 amide bonds. The van der Waals surface area contributed by atoms with Crippen LogP contribution in [0.4, 0.5) is 0 Å². The van der Waals surface area contributed by atoms with Gasteiger partial charge < -0.3 is 5.32 Å². The highest BCUT2D eigenvalue weighted by molar-refractivity contribution is 9.10. The van der Waals surface area contributed by atoms with Crippen molar-refractivity contribution in [3.63, 3.8) is 0 Å². The number of hydrogen-bond donors (Lipinski definition) is 1. The summed E-state index contributed by atoms with van der Waals surface area (Å²) in [6, 6.07) is 10.5. The lowest BCUT2D eigenvalue weighted by molar-refractivity contribution is 0.551. The summed E-state index contributed by atoms with van der Waals surface area (Å²) >= 11 is 8.72. The predicted octanol–water partition coefficient (Wildman–Crippen LogP) is 5.50. The van der Waals surface area contributed by atoms with Gasteiger partial charge in [0.05, 0.1) is 0 Å². The van der Waals surface area contributed by atoms with Crippen LogP contribution in [0, 0.1) is 5.92 Å². The lowest BCUT2D eigenvalue weighted by Crippen LogP contribution is -2.19. The Kier molecular flexibility index (Phi) is 6.74. The summed E-state index contributed by atoms with van der Waals surface area (Å²) in [5.41, 5.74) is 1.28. The summed E-state index contributed by atoms with van der Waals surface area (Å²) in [4.78, 5) is 5.57. The van der Waals surface area contributed by atoms with E-state index in [1.807, 2.05) is 18.3 Å². The fraction of sp³-hybridized carbons (Fsp3) is 0.312. The second kappa shape index (κ2) is 8.32. The normalized spacial score (nSPS) is 11.1. The van der Waals surface area contributed by atoms with Crippen LogP contribution < -0.4 is 5.32 Å². The van der Waals surface area contributed by atoms with Crippen LogP contribution >= 0.6 is 43.6 Å². The third-order valence-corrected chi connectivity index (χ3v) is 4.96. The maximum absolute atomic E-state index is 4.38. The number of halogens is 2. The average Bonchev–Trinajstić information content (AvgIpc) is 2.43. The molecule has 2 aromatic rings. The van der Waals surface area contributed by atoms with Gasteiger partial charge in [0, 0.05) is 26.6 Å². The van der Waals surface area contributed by atoms with Crippen LogP contribution in [0.3, 0.4) is 0 Å². The van der Waals surface area contributed by atoms with Gasteiger partial charge in [-0.25, -0.2) is 4.98 Å². The molecule has 0 fully saturated rings. The van der Waals surface area contributed by atoms with Gasteiger partial charge in [-0.05, 0) is 58.2 Å². The second-order valence-corrected chi connectivity index (χ2v) is 8.06. The SMILES string of the molecule is CC(C)CNCc1ccc(Sc2ccc(Br)cn2)cc1Br. The van der Waals surface area contributed by atoms with E-state index in [4.69, 9.17) is 0 Å². The Balaban J connectivity index is 1.99. The molecule has 1 N–H and O–H groups in total. The van der Waals surface area contributed by atoms with E-state index < -0.39 is 0 Å². The molecule has 1 aromatic carbocycles. The van der Waals surface area contributed by atoms with Crippen molar-refractivity contribution in [3.8, 4) is 0 Å². The Morgan fingerprint density at radius 3 is 2.62 bits per heavy atom. The van der Waals surface area contributed by atoms with Crippen LogP contribution in [-0.2, 0) is 6.54 Å². The zero-order valence-corrected chi connectivity index (χ0v) is 16.1. The Labute approximate surface area is 147 Å². The summed E-state index contributed by atoms with van der Waals surface area (Å²) < 4.78 is 2.14. The monoisotopic (exact) mass is 428 g/mol. The van der Waals surface area contributed by atoms with Gasteiger partial charge in [-0.2, -0.15) is 0 Å². The number of nitrogens with one attached hydrogen (secondary N) is 1. The summed E-state index contributed by atoms with van der Waals surface area (Å²) in [6.07, 6.45) is 1.82. The molecule has 0 unspecified atom stereocenters. The first-order valence-corrected chi connectivity index (χ1v) is 9.23. The summed E-state index contributed by atoms with van der Waals surface area (Å²) in [7, 11) is 0. The first-order valence-electron chi connectivity index (χ1n) is 6.83. The first kappa shape index (κ1) is 17.0. The van der Waals surface area contributed by atoms with E-state index in [0.717, 1.165) is 27.1 Å². The van der Waals surface area contributed by atoms with Crippen molar-refractivity contribution in [2.45, 2.75) is 30.3 Å². The van der Waals surface area contributed by atoms with Gasteiger partial charge in [0.2, 0.25) is 0 Å². The molecule has 1 heterocycles. The molecule has 1 aromatic heterocycles. The van der Waals surface area contributed by atoms with Crippen molar-refractivity contribution in [1.82, 2.24) is 10.3 Å². The lowest BCUT2D eigenvalue weighted by atomic mass is 10.2. The van der Waals surface area contributed by atoms with Crippen LogP contribution in [0.25, 0.3) is 0 Å². The van der Waals surface area contributed by atoms with E-state index in [1.165, 1.54) is 10.5 Å². The minimum Gasteiger partial charge on any atom is -0.312 e. The molecule has 0 saturated heterocycles. The molecule has 5 heteroatoms. The third kappa shape index (κ3) is 5.74. The van der Waals surface area contributed by atoms with E-state index in [0.29, 0.717) is 5.92 Å². The molecule has 0 atom stereocenters. The van der Waals surface area contributed by atoms with Gasteiger partial charge in [-0.15, -0.1) is 0 Å². The maximum atomic E-state index is 4.38. The van der Waals surface area contributed by atoms with Crippen molar-refractivity contribution in [2.24, 2.45) is 5.92 Å². The van der Waals surface area contributed by atoms with Crippen LogP contribution in [-0.4, -0.2) is 11.5 Å². The Hall–Kier alpha value is -0.360. The van der Waals surface area contributed by atoms with E-state index in [1.54, 1.807) is 11.8 Å². The minimum absolute atomic E-state index is 0.669. The smallest absolute Gasteiger partial charge is 0.101 e. The number of rotatable bonds is 6. The molecule has 21 heavy (non-hydrogen) atoms.